The number of amides is 2. The second-order valence-corrected chi connectivity index (χ2v) is 6.33. The molecule has 7 heteroatoms. The van der Waals surface area contributed by atoms with Crippen LogP contribution in [-0.2, 0) is 9.59 Å². The molecule has 1 heterocycles. The van der Waals surface area contributed by atoms with Gasteiger partial charge in [-0.1, -0.05) is 18.2 Å². The van der Waals surface area contributed by atoms with Gasteiger partial charge in [0.2, 0.25) is 5.91 Å². The molecule has 1 N–H and O–H groups in total. The van der Waals surface area contributed by atoms with Gasteiger partial charge in [0.15, 0.2) is 17.6 Å². The van der Waals surface area contributed by atoms with Crippen molar-refractivity contribution in [1.82, 2.24) is 4.90 Å². The lowest BCUT2D eigenvalue weighted by atomic mass is 10.2. The number of carbonyl (C=O) groups excluding carboxylic acids is 2. The zero-order chi connectivity index (χ0) is 19.9. The first kappa shape index (κ1) is 19.5. The van der Waals surface area contributed by atoms with Crippen LogP contribution in [-0.4, -0.2) is 49.1 Å². The average molecular weight is 384 g/mol. The molecule has 0 radical (unpaired) electrons. The van der Waals surface area contributed by atoms with E-state index in [4.69, 9.17) is 14.2 Å². The van der Waals surface area contributed by atoms with Gasteiger partial charge in [-0.2, -0.15) is 0 Å². The highest BCUT2D eigenvalue weighted by Gasteiger charge is 2.23. The number of fused-ring (bicyclic) bond motifs is 1. The van der Waals surface area contributed by atoms with Crippen molar-refractivity contribution in [3.8, 4) is 17.2 Å². The number of nitrogens with one attached hydrogen (secondary N) is 1. The number of likely N-dealkylation sites (N-methyl/N-ethyl adjacent to an activating group) is 1. The van der Waals surface area contributed by atoms with Crippen molar-refractivity contribution in [3.63, 3.8) is 0 Å². The Labute approximate surface area is 164 Å². The van der Waals surface area contributed by atoms with Crippen LogP contribution >= 0.6 is 0 Å². The Morgan fingerprint density at radius 2 is 1.82 bits per heavy atom. The van der Waals surface area contributed by atoms with Crippen LogP contribution in [0.15, 0.2) is 48.5 Å². The molecule has 1 aliphatic rings. The molecule has 2 aromatic rings. The summed E-state index contributed by atoms with van der Waals surface area (Å²) in [6.45, 7) is 4.82. The van der Waals surface area contributed by atoms with Crippen molar-refractivity contribution < 1.29 is 23.8 Å². The molecule has 2 aromatic carbocycles. The number of hydrogen-bond donors (Lipinski definition) is 1. The van der Waals surface area contributed by atoms with Crippen molar-refractivity contribution in [3.05, 3.63) is 48.5 Å². The Kier molecular flexibility index (Phi) is 6.37. The lowest BCUT2D eigenvalue weighted by Gasteiger charge is -2.24. The van der Waals surface area contributed by atoms with Gasteiger partial charge in [0.05, 0.1) is 6.54 Å². The van der Waals surface area contributed by atoms with Crippen LogP contribution in [0.2, 0.25) is 0 Å². The van der Waals surface area contributed by atoms with E-state index < -0.39 is 6.10 Å². The van der Waals surface area contributed by atoms with Gasteiger partial charge in [-0.15, -0.1) is 0 Å². The Hall–Kier alpha value is -3.22. The van der Waals surface area contributed by atoms with E-state index in [-0.39, 0.29) is 18.4 Å². The zero-order valence-corrected chi connectivity index (χ0v) is 16.0. The first-order valence-electron chi connectivity index (χ1n) is 9.27. The zero-order valence-electron chi connectivity index (χ0n) is 16.0. The summed E-state index contributed by atoms with van der Waals surface area (Å²) in [5.74, 6) is 1.32. The number of nitrogens with zero attached hydrogens (tertiary/aromatic N) is 1. The van der Waals surface area contributed by atoms with Crippen molar-refractivity contribution >= 4 is 17.5 Å². The fraction of sp³-hybridized carbons (Fsp3) is 0.333. The molecule has 3 rings (SSSR count). The monoisotopic (exact) mass is 384 g/mol. The summed E-state index contributed by atoms with van der Waals surface area (Å²) in [6, 6.07) is 14.3. The number of anilines is 1. The van der Waals surface area contributed by atoms with E-state index in [0.29, 0.717) is 42.7 Å². The topological polar surface area (TPSA) is 77.1 Å². The van der Waals surface area contributed by atoms with Crippen LogP contribution in [0, 0.1) is 0 Å². The van der Waals surface area contributed by atoms with Gasteiger partial charge in [0.1, 0.15) is 19.0 Å². The fourth-order valence-corrected chi connectivity index (χ4v) is 2.85. The molecule has 0 aromatic heterocycles. The van der Waals surface area contributed by atoms with Crippen LogP contribution in [0.1, 0.15) is 13.8 Å². The lowest BCUT2D eigenvalue weighted by molar-refractivity contribution is -0.140. The van der Waals surface area contributed by atoms with Gasteiger partial charge in [-0.05, 0) is 38.1 Å². The maximum atomic E-state index is 12.6. The minimum atomic E-state index is -0.690. The molecule has 2 amide bonds. The molecule has 0 fully saturated rings. The third kappa shape index (κ3) is 4.94. The highest BCUT2D eigenvalue weighted by Crippen LogP contribution is 2.32. The molecule has 1 atom stereocenters. The van der Waals surface area contributed by atoms with Crippen LogP contribution < -0.4 is 19.5 Å². The molecule has 28 heavy (non-hydrogen) atoms. The lowest BCUT2D eigenvalue weighted by Crippen LogP contribution is -2.44. The second-order valence-electron chi connectivity index (χ2n) is 6.33. The summed E-state index contributed by atoms with van der Waals surface area (Å²) in [4.78, 5) is 26.5. The smallest absolute Gasteiger partial charge is 0.263 e. The third-order valence-corrected chi connectivity index (χ3v) is 4.26. The van der Waals surface area contributed by atoms with Gasteiger partial charge < -0.3 is 24.4 Å². The predicted molar refractivity (Wildman–Crippen MR) is 105 cm³/mol. The van der Waals surface area contributed by atoms with Gasteiger partial charge in [0.25, 0.3) is 5.91 Å². The van der Waals surface area contributed by atoms with Crippen LogP contribution in [0.5, 0.6) is 17.2 Å². The molecule has 0 aliphatic carbocycles. The summed E-state index contributed by atoms with van der Waals surface area (Å²) in [5, 5.41) is 2.79. The number of ether oxygens (including phenoxy) is 3. The number of hydrogen-bond acceptors (Lipinski definition) is 5. The van der Waals surface area contributed by atoms with E-state index in [1.165, 1.54) is 4.90 Å². The van der Waals surface area contributed by atoms with E-state index in [1.54, 1.807) is 37.3 Å². The van der Waals surface area contributed by atoms with Crippen molar-refractivity contribution in [2.75, 3.05) is 31.6 Å². The molecular weight excluding hydrogens is 360 g/mol. The molecule has 1 aliphatic heterocycles. The van der Waals surface area contributed by atoms with E-state index in [2.05, 4.69) is 5.32 Å². The fourth-order valence-electron chi connectivity index (χ4n) is 2.85. The molecule has 0 spiro atoms. The Bertz CT molecular complexity index is 825. The Morgan fingerprint density at radius 3 is 2.54 bits per heavy atom. The summed E-state index contributed by atoms with van der Waals surface area (Å²) < 4.78 is 16.7. The van der Waals surface area contributed by atoms with Crippen LogP contribution in [0.4, 0.5) is 5.69 Å². The summed E-state index contributed by atoms with van der Waals surface area (Å²) >= 11 is 0. The number of rotatable bonds is 7. The maximum Gasteiger partial charge on any atom is 0.263 e. The van der Waals surface area contributed by atoms with Gasteiger partial charge in [0, 0.05) is 18.3 Å². The molecule has 0 bridgehead atoms. The van der Waals surface area contributed by atoms with E-state index >= 15 is 0 Å². The summed E-state index contributed by atoms with van der Waals surface area (Å²) in [7, 11) is 0. The average Bonchev–Trinajstić information content (AvgIpc) is 2.72. The molecule has 0 unspecified atom stereocenters. The molecule has 0 saturated heterocycles. The normalized spacial score (nSPS) is 13.4. The number of benzene rings is 2. The van der Waals surface area contributed by atoms with E-state index in [1.807, 2.05) is 25.1 Å². The van der Waals surface area contributed by atoms with Crippen LogP contribution in [0.3, 0.4) is 0 Å². The predicted octanol–water partition coefficient (Wildman–Crippen LogP) is 2.71. The van der Waals surface area contributed by atoms with Crippen molar-refractivity contribution in [2.24, 2.45) is 0 Å². The van der Waals surface area contributed by atoms with E-state index in [0.717, 1.165) is 0 Å². The number of para-hydroxylation sites is 1. The van der Waals surface area contributed by atoms with Gasteiger partial charge >= 0.3 is 0 Å². The molecule has 7 nitrogen and oxygen atoms in total. The Balaban J connectivity index is 1.57. The quantitative estimate of drug-likeness (QED) is 0.794. The number of carbonyl (C=O) groups is 2. The summed E-state index contributed by atoms with van der Waals surface area (Å²) in [5.41, 5.74) is 0.589. The van der Waals surface area contributed by atoms with Gasteiger partial charge in [-0.25, -0.2) is 0 Å². The highest BCUT2D eigenvalue weighted by atomic mass is 16.6. The third-order valence-electron chi connectivity index (χ3n) is 4.26. The molecule has 0 saturated carbocycles. The minimum Gasteiger partial charge on any atom is -0.486 e. The first-order valence-corrected chi connectivity index (χ1v) is 9.27. The van der Waals surface area contributed by atoms with Crippen molar-refractivity contribution in [2.45, 2.75) is 20.0 Å². The van der Waals surface area contributed by atoms with Gasteiger partial charge in [-0.3, -0.25) is 9.59 Å². The molecular formula is C21H24N2O5. The minimum absolute atomic E-state index is 0.0632. The molecule has 148 valence electrons. The SMILES string of the molecule is CCN(CC(=O)Nc1ccc2c(c1)OCCO2)C(=O)[C@@H](C)Oc1ccccc1. The first-order chi connectivity index (χ1) is 13.6. The Morgan fingerprint density at radius 1 is 1.11 bits per heavy atom. The maximum absolute atomic E-state index is 12.6. The summed E-state index contributed by atoms with van der Waals surface area (Å²) in [6.07, 6.45) is -0.690. The van der Waals surface area contributed by atoms with Crippen molar-refractivity contribution in [1.29, 1.82) is 0 Å². The highest BCUT2D eigenvalue weighted by molar-refractivity contribution is 5.95. The van der Waals surface area contributed by atoms with Crippen LogP contribution in [0.25, 0.3) is 0 Å². The largest absolute Gasteiger partial charge is 0.486 e. The van der Waals surface area contributed by atoms with E-state index in [9.17, 15) is 9.59 Å². The standard InChI is InChI=1S/C21H24N2O5/c1-3-23(21(25)15(2)28-17-7-5-4-6-8-17)14-20(24)22-16-9-10-18-19(13-16)27-12-11-26-18/h4-10,13,15H,3,11-12,14H2,1-2H3,(H,22,24)/t15-/m1/s1. The second kappa shape index (κ2) is 9.12.